The zero-order chi connectivity index (χ0) is 33.3. The van der Waals surface area contributed by atoms with Crippen molar-refractivity contribution < 1.29 is 24.0 Å². The van der Waals surface area contributed by atoms with Gasteiger partial charge in [0.05, 0.1) is 6.42 Å². The number of Topliss-reactive ketones (excluding diaryl/α,β-unsaturated/α-hetero) is 3. The van der Waals surface area contributed by atoms with Crippen molar-refractivity contribution in [3.05, 3.63) is 72.8 Å². The van der Waals surface area contributed by atoms with E-state index >= 15 is 0 Å². The first kappa shape index (κ1) is 58.9. The van der Waals surface area contributed by atoms with Crippen LogP contribution in [0.25, 0.3) is 0 Å². The van der Waals surface area contributed by atoms with Gasteiger partial charge in [0.1, 0.15) is 17.3 Å². The molecule has 252 valence electrons. The van der Waals surface area contributed by atoms with Crippen LogP contribution in [0, 0.1) is 0 Å². The number of ketones is 3. The van der Waals surface area contributed by atoms with Gasteiger partial charge in [-0.05, 0) is 41.5 Å². The average Bonchev–Trinajstić information content (AvgIpc) is 2.93. The van der Waals surface area contributed by atoms with Crippen molar-refractivity contribution in [2.24, 2.45) is 0 Å². The molecule has 2 aromatic carbocycles. The van der Waals surface area contributed by atoms with Crippen LogP contribution in [-0.2, 0) is 24.0 Å². The molecular formula is C36H68N2O5. The van der Waals surface area contributed by atoms with E-state index in [0.29, 0.717) is 13.0 Å². The second-order valence-electron chi connectivity index (χ2n) is 7.90. The summed E-state index contributed by atoms with van der Waals surface area (Å²) in [5.41, 5.74) is 0. The highest BCUT2D eigenvalue weighted by atomic mass is 16.2. The van der Waals surface area contributed by atoms with Crippen LogP contribution in [-0.4, -0.2) is 42.3 Å². The van der Waals surface area contributed by atoms with Gasteiger partial charge in [-0.25, -0.2) is 0 Å². The summed E-state index contributed by atoms with van der Waals surface area (Å²) in [7, 11) is 0. The summed E-state index contributed by atoms with van der Waals surface area (Å²) in [6, 6.07) is 24.0. The third-order valence-electron chi connectivity index (χ3n) is 3.04. The van der Waals surface area contributed by atoms with Crippen LogP contribution in [0.15, 0.2) is 72.8 Å². The Morgan fingerprint density at radius 1 is 0.488 bits per heavy atom. The Labute approximate surface area is 266 Å². The van der Waals surface area contributed by atoms with E-state index in [9.17, 15) is 24.0 Å². The van der Waals surface area contributed by atoms with Crippen LogP contribution in [0.1, 0.15) is 117 Å². The minimum Gasteiger partial charge on any atom is -0.357 e. The molecule has 0 saturated heterocycles. The molecule has 2 amide bonds. The number of nitrogens with one attached hydrogen (secondary N) is 2. The Morgan fingerprint density at radius 2 is 0.698 bits per heavy atom. The van der Waals surface area contributed by atoms with Crippen molar-refractivity contribution in [1.82, 2.24) is 10.6 Å². The molecule has 0 aliphatic carbocycles. The Bertz CT molecular complexity index is 707. The zero-order valence-corrected chi connectivity index (χ0v) is 28.0. The monoisotopic (exact) mass is 609 g/mol. The SMILES string of the molecule is C.C.CC.CC(C)=O.CCC.CCC(C)=O.CCNC(=O)CC(C)=O.CCNC(C)=O.c1ccccc1.c1ccccc1. The molecule has 0 aromatic heterocycles. The summed E-state index contributed by atoms with van der Waals surface area (Å²) in [4.78, 5) is 50.0. The molecule has 2 N–H and O–H groups in total. The number of carbonyl (C=O) groups excluding carboxylic acids is 5. The van der Waals surface area contributed by atoms with Crippen LogP contribution in [0.2, 0.25) is 0 Å². The fourth-order valence-corrected chi connectivity index (χ4v) is 1.50. The first-order chi connectivity index (χ1) is 19.4. The van der Waals surface area contributed by atoms with Gasteiger partial charge in [0.2, 0.25) is 11.8 Å². The molecular weight excluding hydrogens is 540 g/mol. The Balaban J connectivity index is -0.0000000555. The third kappa shape index (κ3) is 122. The Kier molecular flexibility index (Phi) is 79.6. The second-order valence-corrected chi connectivity index (χ2v) is 7.90. The van der Waals surface area contributed by atoms with Crippen LogP contribution in [0.3, 0.4) is 0 Å². The summed E-state index contributed by atoms with van der Waals surface area (Å²) < 4.78 is 0. The lowest BCUT2D eigenvalue weighted by Crippen LogP contribution is -2.24. The maximum absolute atomic E-state index is 10.5. The van der Waals surface area contributed by atoms with Crippen molar-refractivity contribution >= 4 is 29.2 Å². The number of benzene rings is 2. The highest BCUT2D eigenvalue weighted by Crippen LogP contribution is 1.81. The van der Waals surface area contributed by atoms with E-state index < -0.39 is 0 Å². The minimum atomic E-state index is -0.190. The lowest BCUT2D eigenvalue weighted by molar-refractivity contribution is -0.127. The summed E-state index contributed by atoms with van der Waals surface area (Å²) in [5, 5.41) is 5.09. The van der Waals surface area contributed by atoms with E-state index in [4.69, 9.17) is 0 Å². The summed E-state index contributed by atoms with van der Waals surface area (Å²) in [6.45, 7) is 22.7. The molecule has 43 heavy (non-hydrogen) atoms. The molecule has 0 bridgehead atoms. The smallest absolute Gasteiger partial charge is 0.227 e. The highest BCUT2D eigenvalue weighted by Gasteiger charge is 2.00. The maximum Gasteiger partial charge on any atom is 0.227 e. The predicted octanol–water partition coefficient (Wildman–Crippen LogP) is 8.91. The molecule has 0 unspecified atom stereocenters. The van der Waals surface area contributed by atoms with Crippen molar-refractivity contribution in [2.75, 3.05) is 13.1 Å². The fourth-order valence-electron chi connectivity index (χ4n) is 1.50. The molecule has 0 fully saturated rings. The first-order valence-corrected chi connectivity index (χ1v) is 14.3. The molecule has 2 aromatic rings. The van der Waals surface area contributed by atoms with Crippen LogP contribution in [0.4, 0.5) is 0 Å². The number of carbonyl (C=O) groups is 5. The maximum atomic E-state index is 10.5. The van der Waals surface area contributed by atoms with Crippen molar-refractivity contribution in [2.45, 2.75) is 117 Å². The standard InChI is InChI=1S/C6H11NO2.2C6H6.C4H9NO.C4H8O.C3H6O.C3H8.C2H6.2CH4/c1-3-7-6(9)4-5(2)8;2*1-2-4-6-5-3-1;1-3-5-4(2)6;1-3-4(2)5;1-3(2)4;1-3-2;1-2;;/h3-4H2,1-2H3,(H,7,9);2*1-6H;3H2,1-2H3,(H,5,6);3H2,1-2H3;1-2H3;3H2,1-2H3;1-2H3;2*1H4. The quantitative estimate of drug-likeness (QED) is 0.329. The van der Waals surface area contributed by atoms with Crippen LogP contribution >= 0.6 is 0 Å². The van der Waals surface area contributed by atoms with Gasteiger partial charge in [0, 0.05) is 26.4 Å². The molecule has 0 aliphatic rings. The lowest BCUT2D eigenvalue weighted by Gasteiger charge is -1.96. The molecule has 7 heteroatoms. The van der Waals surface area contributed by atoms with Gasteiger partial charge in [0.15, 0.2) is 0 Å². The fraction of sp³-hybridized carbons (Fsp3) is 0.528. The van der Waals surface area contributed by atoms with Crippen molar-refractivity contribution in [1.29, 1.82) is 0 Å². The van der Waals surface area contributed by atoms with Gasteiger partial charge in [0.25, 0.3) is 0 Å². The minimum absolute atomic E-state index is 0. The summed E-state index contributed by atoms with van der Waals surface area (Å²) in [6.07, 6.45) is 1.92. The number of amides is 2. The van der Waals surface area contributed by atoms with E-state index in [-0.39, 0.29) is 50.4 Å². The molecule has 0 saturated carbocycles. The molecule has 0 atom stereocenters. The number of hydrogen-bond acceptors (Lipinski definition) is 5. The zero-order valence-electron chi connectivity index (χ0n) is 28.0. The topological polar surface area (TPSA) is 109 Å². The van der Waals surface area contributed by atoms with E-state index in [0.717, 1.165) is 6.54 Å². The van der Waals surface area contributed by atoms with E-state index in [1.54, 1.807) is 6.92 Å². The van der Waals surface area contributed by atoms with Crippen LogP contribution in [0.5, 0.6) is 0 Å². The van der Waals surface area contributed by atoms with E-state index in [2.05, 4.69) is 24.5 Å². The van der Waals surface area contributed by atoms with Gasteiger partial charge >= 0.3 is 0 Å². The van der Waals surface area contributed by atoms with Gasteiger partial charge < -0.3 is 20.2 Å². The summed E-state index contributed by atoms with van der Waals surface area (Å²) in [5.74, 6) is 0.174. The average molecular weight is 609 g/mol. The molecule has 2 rings (SSSR count). The highest BCUT2D eigenvalue weighted by molar-refractivity contribution is 5.96. The first-order valence-electron chi connectivity index (χ1n) is 14.3. The Morgan fingerprint density at radius 3 is 0.791 bits per heavy atom. The molecule has 0 spiro atoms. The largest absolute Gasteiger partial charge is 0.357 e. The second kappa shape index (κ2) is 58.1. The molecule has 0 radical (unpaired) electrons. The van der Waals surface area contributed by atoms with Gasteiger partial charge in [-0.2, -0.15) is 0 Å². The van der Waals surface area contributed by atoms with Gasteiger partial charge in [-0.1, -0.05) is 129 Å². The molecule has 0 aliphatic heterocycles. The van der Waals surface area contributed by atoms with E-state index in [1.807, 2.05) is 107 Å². The van der Waals surface area contributed by atoms with Crippen LogP contribution < -0.4 is 10.6 Å². The number of hydrogen-bond donors (Lipinski definition) is 2. The van der Waals surface area contributed by atoms with Crippen molar-refractivity contribution in [3.63, 3.8) is 0 Å². The third-order valence-corrected chi connectivity index (χ3v) is 3.04. The lowest BCUT2D eigenvalue weighted by atomic mass is 10.3. The summed E-state index contributed by atoms with van der Waals surface area (Å²) >= 11 is 0. The molecule has 0 heterocycles. The van der Waals surface area contributed by atoms with Gasteiger partial charge in [-0.15, -0.1) is 0 Å². The van der Waals surface area contributed by atoms with Crippen molar-refractivity contribution in [3.8, 4) is 0 Å². The predicted molar refractivity (Wildman–Crippen MR) is 189 cm³/mol. The number of rotatable bonds is 5. The Hall–Kier alpha value is -3.61. The normalized spacial score (nSPS) is 7.16. The van der Waals surface area contributed by atoms with Gasteiger partial charge in [-0.3, -0.25) is 14.4 Å². The van der Waals surface area contributed by atoms with E-state index in [1.165, 1.54) is 34.1 Å². The molecule has 7 nitrogen and oxygen atoms in total.